The normalized spacial score (nSPS) is 9.95. The maximum atomic E-state index is 11.6. The van der Waals surface area contributed by atoms with E-state index in [1.807, 2.05) is 0 Å². The second-order valence-corrected chi connectivity index (χ2v) is 4.43. The van der Waals surface area contributed by atoms with Gasteiger partial charge in [-0.05, 0) is 49.7 Å². The molecule has 0 unspecified atom stereocenters. The van der Waals surface area contributed by atoms with Crippen LogP contribution < -0.4 is 0 Å². The summed E-state index contributed by atoms with van der Waals surface area (Å²) in [5.41, 5.74) is 2.61. The molecule has 0 bridgehead atoms. The molecule has 0 spiro atoms. The number of aryl methyl sites for hydroxylation is 1. The molecule has 21 heavy (non-hydrogen) atoms. The Kier molecular flexibility index (Phi) is 4.19. The molecule has 0 aliphatic rings. The molecule has 0 fully saturated rings. The van der Waals surface area contributed by atoms with E-state index >= 15 is 0 Å². The van der Waals surface area contributed by atoms with Crippen molar-refractivity contribution in [1.82, 2.24) is 4.57 Å². The van der Waals surface area contributed by atoms with Crippen LogP contribution in [0.2, 0.25) is 0 Å². The van der Waals surface area contributed by atoms with Gasteiger partial charge in [-0.2, -0.15) is 5.26 Å². The Balaban J connectivity index is 2.47. The number of carbonyl (C=O) groups is 2. The fraction of sp³-hybridized carbons (Fsp3) is 0.188. The molecule has 0 aliphatic heterocycles. The zero-order valence-corrected chi connectivity index (χ0v) is 11.8. The Bertz CT molecular complexity index is 721. The third kappa shape index (κ3) is 2.70. The number of ether oxygens (including phenoxy) is 1. The summed E-state index contributed by atoms with van der Waals surface area (Å²) < 4.78 is 6.48. The van der Waals surface area contributed by atoms with Gasteiger partial charge < -0.3 is 4.74 Å². The largest absolute Gasteiger partial charge is 0.462 e. The van der Waals surface area contributed by atoms with Crippen molar-refractivity contribution in [3.8, 4) is 11.8 Å². The lowest BCUT2D eigenvalue weighted by atomic mass is 10.2. The maximum Gasteiger partial charge on any atom is 0.338 e. The first-order valence-electron chi connectivity index (χ1n) is 6.47. The van der Waals surface area contributed by atoms with Crippen molar-refractivity contribution in [2.45, 2.75) is 13.8 Å². The van der Waals surface area contributed by atoms with Gasteiger partial charge in [-0.3, -0.25) is 9.36 Å². The molecule has 0 saturated carbocycles. The summed E-state index contributed by atoms with van der Waals surface area (Å²) >= 11 is 0. The minimum atomic E-state index is -0.399. The van der Waals surface area contributed by atoms with Crippen molar-refractivity contribution >= 4 is 12.3 Å². The highest BCUT2D eigenvalue weighted by molar-refractivity contribution is 5.89. The van der Waals surface area contributed by atoms with Gasteiger partial charge in [-0.1, -0.05) is 0 Å². The predicted molar refractivity (Wildman–Crippen MR) is 76.6 cm³/mol. The average Bonchev–Trinajstić information content (AvgIpc) is 2.83. The van der Waals surface area contributed by atoms with Crippen molar-refractivity contribution in [2.75, 3.05) is 6.61 Å². The second-order valence-electron chi connectivity index (χ2n) is 4.43. The van der Waals surface area contributed by atoms with E-state index in [1.165, 1.54) is 0 Å². The lowest BCUT2D eigenvalue weighted by molar-refractivity contribution is 0.0526. The SMILES string of the molecule is CCOC(=O)c1ccc(-n2c(C#N)cc(C)c2C=O)cc1. The van der Waals surface area contributed by atoms with Crippen LogP contribution in [0.1, 0.15) is 39.0 Å². The van der Waals surface area contributed by atoms with E-state index in [1.54, 1.807) is 48.7 Å². The highest BCUT2D eigenvalue weighted by atomic mass is 16.5. The Morgan fingerprint density at radius 1 is 1.38 bits per heavy atom. The summed E-state index contributed by atoms with van der Waals surface area (Å²) in [4.78, 5) is 22.8. The second kappa shape index (κ2) is 6.06. The van der Waals surface area contributed by atoms with Crippen LogP contribution in [0.4, 0.5) is 0 Å². The molecule has 0 atom stereocenters. The molecular formula is C16H14N2O3. The fourth-order valence-corrected chi connectivity index (χ4v) is 2.12. The first-order chi connectivity index (χ1) is 10.1. The fourth-order valence-electron chi connectivity index (χ4n) is 2.12. The van der Waals surface area contributed by atoms with Crippen LogP contribution >= 0.6 is 0 Å². The molecule has 5 heteroatoms. The van der Waals surface area contributed by atoms with E-state index in [9.17, 15) is 9.59 Å². The molecule has 1 heterocycles. The van der Waals surface area contributed by atoms with Gasteiger partial charge in [0.2, 0.25) is 0 Å². The Hall–Kier alpha value is -2.87. The number of nitrogens with zero attached hydrogens (tertiary/aromatic N) is 2. The van der Waals surface area contributed by atoms with Gasteiger partial charge >= 0.3 is 5.97 Å². The van der Waals surface area contributed by atoms with Crippen LogP contribution in [0.5, 0.6) is 0 Å². The lowest BCUT2D eigenvalue weighted by Crippen LogP contribution is -2.06. The van der Waals surface area contributed by atoms with Gasteiger partial charge in [0.15, 0.2) is 6.29 Å². The molecule has 1 aromatic heterocycles. The van der Waals surface area contributed by atoms with Crippen molar-refractivity contribution in [2.24, 2.45) is 0 Å². The van der Waals surface area contributed by atoms with Gasteiger partial charge in [0.05, 0.1) is 17.9 Å². The number of nitriles is 1. The van der Waals surface area contributed by atoms with Gasteiger partial charge in [0, 0.05) is 5.69 Å². The first kappa shape index (κ1) is 14.5. The zero-order chi connectivity index (χ0) is 15.4. The summed E-state index contributed by atoms with van der Waals surface area (Å²) in [7, 11) is 0. The number of aromatic nitrogens is 1. The van der Waals surface area contributed by atoms with Gasteiger partial charge in [0.25, 0.3) is 0 Å². The standard InChI is InChI=1S/C16H14N2O3/c1-3-21-16(20)12-4-6-13(7-5-12)18-14(9-17)8-11(2)15(18)10-19/h4-8,10H,3H2,1-2H3. The van der Waals surface area contributed by atoms with Gasteiger partial charge in [-0.15, -0.1) is 0 Å². The van der Waals surface area contributed by atoms with Crippen LogP contribution in [-0.2, 0) is 4.74 Å². The number of aldehydes is 1. The molecule has 2 rings (SSSR count). The molecular weight excluding hydrogens is 268 g/mol. The number of esters is 1. The summed E-state index contributed by atoms with van der Waals surface area (Å²) in [6.45, 7) is 3.82. The van der Waals surface area contributed by atoms with E-state index in [-0.39, 0.29) is 0 Å². The number of benzene rings is 1. The Morgan fingerprint density at radius 3 is 2.57 bits per heavy atom. The van der Waals surface area contributed by atoms with Crippen LogP contribution in [0, 0.1) is 18.3 Å². The monoisotopic (exact) mass is 282 g/mol. The maximum absolute atomic E-state index is 11.6. The molecule has 0 saturated heterocycles. The van der Waals surface area contributed by atoms with Crippen LogP contribution in [-0.4, -0.2) is 23.4 Å². The first-order valence-corrected chi connectivity index (χ1v) is 6.47. The average molecular weight is 282 g/mol. The molecule has 106 valence electrons. The Labute approximate surface area is 122 Å². The van der Waals surface area contributed by atoms with E-state index in [4.69, 9.17) is 10.00 Å². The number of carbonyl (C=O) groups excluding carboxylic acids is 2. The van der Waals surface area contributed by atoms with Crippen molar-refractivity contribution in [3.05, 3.63) is 52.8 Å². The summed E-state index contributed by atoms with van der Waals surface area (Å²) in [6.07, 6.45) is 0.718. The van der Waals surface area contributed by atoms with Crippen molar-refractivity contribution < 1.29 is 14.3 Å². The summed E-state index contributed by atoms with van der Waals surface area (Å²) in [5.74, 6) is -0.399. The minimum Gasteiger partial charge on any atom is -0.462 e. The molecule has 5 nitrogen and oxygen atoms in total. The third-order valence-electron chi connectivity index (χ3n) is 3.10. The summed E-state index contributed by atoms with van der Waals surface area (Å²) in [5, 5.41) is 9.16. The van der Waals surface area contributed by atoms with Gasteiger partial charge in [0.1, 0.15) is 11.8 Å². The molecule has 0 N–H and O–H groups in total. The lowest BCUT2D eigenvalue weighted by Gasteiger charge is -2.08. The predicted octanol–water partition coefficient (Wildman–Crippen LogP) is 2.65. The smallest absolute Gasteiger partial charge is 0.338 e. The van der Waals surface area contributed by atoms with E-state index in [0.29, 0.717) is 29.2 Å². The highest BCUT2D eigenvalue weighted by Gasteiger charge is 2.14. The van der Waals surface area contributed by atoms with E-state index < -0.39 is 5.97 Å². The van der Waals surface area contributed by atoms with Crippen molar-refractivity contribution in [1.29, 1.82) is 5.26 Å². The van der Waals surface area contributed by atoms with Crippen LogP contribution in [0.25, 0.3) is 5.69 Å². The quantitative estimate of drug-likeness (QED) is 0.638. The van der Waals surface area contributed by atoms with E-state index in [0.717, 1.165) is 11.8 Å². The van der Waals surface area contributed by atoms with E-state index in [2.05, 4.69) is 6.07 Å². The highest BCUT2D eigenvalue weighted by Crippen LogP contribution is 2.20. The number of rotatable bonds is 4. The van der Waals surface area contributed by atoms with Crippen molar-refractivity contribution in [3.63, 3.8) is 0 Å². The molecule has 1 aromatic carbocycles. The third-order valence-corrected chi connectivity index (χ3v) is 3.10. The Morgan fingerprint density at radius 2 is 2.05 bits per heavy atom. The van der Waals surface area contributed by atoms with Gasteiger partial charge in [-0.25, -0.2) is 4.79 Å². The number of hydrogen-bond acceptors (Lipinski definition) is 4. The molecule has 2 aromatic rings. The zero-order valence-electron chi connectivity index (χ0n) is 11.8. The van der Waals surface area contributed by atoms with Crippen LogP contribution in [0.3, 0.4) is 0 Å². The molecule has 0 amide bonds. The topological polar surface area (TPSA) is 72.1 Å². The van der Waals surface area contributed by atoms with Crippen LogP contribution in [0.15, 0.2) is 30.3 Å². The minimum absolute atomic E-state index is 0.311. The number of hydrogen-bond donors (Lipinski definition) is 0. The summed E-state index contributed by atoms with van der Waals surface area (Å²) in [6, 6.07) is 10.3. The molecule has 0 radical (unpaired) electrons. The molecule has 0 aliphatic carbocycles.